The van der Waals surface area contributed by atoms with Gasteiger partial charge in [0.25, 0.3) is 0 Å². The quantitative estimate of drug-likeness (QED) is 0.544. The molecule has 2 heteroatoms. The number of carbonyl (C=O) groups is 1. The van der Waals surface area contributed by atoms with E-state index < -0.39 is 0 Å². The standard InChI is InChI=1S/C8H15NO/c1-5-9(4)8(10)6-7(2)3/h2,5-6H2,1,3-4H3. The van der Waals surface area contributed by atoms with Crippen LogP contribution in [-0.4, -0.2) is 24.4 Å². The molecule has 0 saturated heterocycles. The van der Waals surface area contributed by atoms with E-state index in [4.69, 9.17) is 0 Å². The molecule has 0 rings (SSSR count). The second-order valence-corrected chi connectivity index (χ2v) is 2.54. The summed E-state index contributed by atoms with van der Waals surface area (Å²) in [5.74, 6) is 0.148. The van der Waals surface area contributed by atoms with Gasteiger partial charge in [-0.3, -0.25) is 4.79 Å². The van der Waals surface area contributed by atoms with Crippen LogP contribution in [-0.2, 0) is 4.79 Å². The van der Waals surface area contributed by atoms with Crippen molar-refractivity contribution >= 4 is 5.91 Å². The van der Waals surface area contributed by atoms with Gasteiger partial charge in [-0.05, 0) is 13.8 Å². The van der Waals surface area contributed by atoms with E-state index in [1.165, 1.54) is 0 Å². The molecule has 0 atom stereocenters. The average molecular weight is 141 g/mol. The maximum absolute atomic E-state index is 11.0. The minimum absolute atomic E-state index is 0.148. The molecule has 0 saturated carbocycles. The Hall–Kier alpha value is -0.790. The second-order valence-electron chi connectivity index (χ2n) is 2.54. The van der Waals surface area contributed by atoms with Crippen LogP contribution >= 0.6 is 0 Å². The van der Waals surface area contributed by atoms with Crippen molar-refractivity contribution in [3.8, 4) is 0 Å². The molecule has 0 radical (unpaired) electrons. The first-order chi connectivity index (χ1) is 4.57. The lowest BCUT2D eigenvalue weighted by molar-refractivity contribution is -0.128. The predicted molar refractivity (Wildman–Crippen MR) is 42.7 cm³/mol. The number of nitrogens with zero attached hydrogens (tertiary/aromatic N) is 1. The summed E-state index contributed by atoms with van der Waals surface area (Å²) in [6.07, 6.45) is 0.477. The third-order valence-electron chi connectivity index (χ3n) is 1.35. The first kappa shape index (κ1) is 9.21. The van der Waals surface area contributed by atoms with Crippen molar-refractivity contribution in [2.45, 2.75) is 20.3 Å². The van der Waals surface area contributed by atoms with Gasteiger partial charge in [0.2, 0.25) is 5.91 Å². The highest BCUT2D eigenvalue weighted by atomic mass is 16.2. The van der Waals surface area contributed by atoms with Crippen molar-refractivity contribution in [3.63, 3.8) is 0 Å². The second kappa shape index (κ2) is 4.09. The number of rotatable bonds is 3. The molecule has 0 aliphatic rings. The van der Waals surface area contributed by atoms with Crippen molar-refractivity contribution in [1.29, 1.82) is 0 Å². The highest BCUT2D eigenvalue weighted by Crippen LogP contribution is 1.98. The molecule has 0 N–H and O–H groups in total. The van der Waals surface area contributed by atoms with Crippen LogP contribution in [0.3, 0.4) is 0 Å². The molecule has 1 amide bonds. The molecule has 0 unspecified atom stereocenters. The number of carbonyl (C=O) groups excluding carboxylic acids is 1. The van der Waals surface area contributed by atoms with Crippen molar-refractivity contribution in [1.82, 2.24) is 4.90 Å². The molecule has 0 bridgehead atoms. The number of amides is 1. The molecule has 0 spiro atoms. The maximum Gasteiger partial charge on any atom is 0.226 e. The molecule has 2 nitrogen and oxygen atoms in total. The van der Waals surface area contributed by atoms with Gasteiger partial charge in [0.15, 0.2) is 0 Å². The normalized spacial score (nSPS) is 9.10. The van der Waals surface area contributed by atoms with Crippen LogP contribution in [0.25, 0.3) is 0 Å². The Bertz CT molecular complexity index is 140. The van der Waals surface area contributed by atoms with E-state index in [0.717, 1.165) is 12.1 Å². The van der Waals surface area contributed by atoms with Crippen LogP contribution in [0.2, 0.25) is 0 Å². The molecular weight excluding hydrogens is 126 g/mol. The van der Waals surface area contributed by atoms with Gasteiger partial charge >= 0.3 is 0 Å². The van der Waals surface area contributed by atoms with Crippen LogP contribution < -0.4 is 0 Å². The van der Waals surface area contributed by atoms with Crippen molar-refractivity contribution in [3.05, 3.63) is 12.2 Å². The molecule has 0 fully saturated rings. The highest BCUT2D eigenvalue weighted by Gasteiger charge is 2.04. The summed E-state index contributed by atoms with van der Waals surface area (Å²) in [7, 11) is 1.80. The zero-order valence-electron chi connectivity index (χ0n) is 6.98. The summed E-state index contributed by atoms with van der Waals surface area (Å²) in [6.45, 7) is 8.25. The van der Waals surface area contributed by atoms with E-state index in [9.17, 15) is 4.79 Å². The first-order valence-corrected chi connectivity index (χ1v) is 3.46. The van der Waals surface area contributed by atoms with Gasteiger partial charge in [0, 0.05) is 20.0 Å². The maximum atomic E-state index is 11.0. The Morgan fingerprint density at radius 1 is 1.60 bits per heavy atom. The minimum atomic E-state index is 0.148. The van der Waals surface area contributed by atoms with Crippen LogP contribution in [0.1, 0.15) is 20.3 Å². The van der Waals surface area contributed by atoms with Crippen molar-refractivity contribution in [2.75, 3.05) is 13.6 Å². The molecular formula is C8H15NO. The molecule has 0 aromatic heterocycles. The summed E-state index contributed by atoms with van der Waals surface area (Å²) in [5, 5.41) is 0. The largest absolute Gasteiger partial charge is 0.346 e. The van der Waals surface area contributed by atoms with Gasteiger partial charge < -0.3 is 4.90 Å². The van der Waals surface area contributed by atoms with Crippen molar-refractivity contribution in [2.24, 2.45) is 0 Å². The molecule has 0 aliphatic heterocycles. The molecule has 0 aliphatic carbocycles. The summed E-state index contributed by atoms with van der Waals surface area (Å²) in [4.78, 5) is 12.7. The summed E-state index contributed by atoms with van der Waals surface area (Å²) >= 11 is 0. The fraction of sp³-hybridized carbons (Fsp3) is 0.625. The lowest BCUT2D eigenvalue weighted by atomic mass is 10.2. The van der Waals surface area contributed by atoms with Crippen molar-refractivity contribution < 1.29 is 4.79 Å². The number of hydrogen-bond acceptors (Lipinski definition) is 1. The molecule has 58 valence electrons. The Labute approximate surface area is 62.5 Å². The Morgan fingerprint density at radius 3 is 2.40 bits per heavy atom. The molecule has 0 aromatic carbocycles. The van der Waals surface area contributed by atoms with E-state index in [2.05, 4.69) is 6.58 Å². The predicted octanol–water partition coefficient (Wildman–Crippen LogP) is 1.43. The van der Waals surface area contributed by atoms with Gasteiger partial charge in [-0.15, -0.1) is 0 Å². The average Bonchev–Trinajstić information content (AvgIpc) is 1.85. The lowest BCUT2D eigenvalue weighted by Crippen LogP contribution is -2.25. The third-order valence-corrected chi connectivity index (χ3v) is 1.35. The van der Waals surface area contributed by atoms with Gasteiger partial charge in [-0.1, -0.05) is 12.2 Å². The van der Waals surface area contributed by atoms with Gasteiger partial charge in [-0.2, -0.15) is 0 Å². The first-order valence-electron chi connectivity index (χ1n) is 3.46. The minimum Gasteiger partial charge on any atom is -0.346 e. The Morgan fingerprint density at radius 2 is 2.10 bits per heavy atom. The Kier molecular flexibility index (Phi) is 3.77. The fourth-order valence-corrected chi connectivity index (χ4v) is 0.569. The summed E-state index contributed by atoms with van der Waals surface area (Å²) in [6, 6.07) is 0. The van der Waals surface area contributed by atoms with Crippen LogP contribution in [0.4, 0.5) is 0 Å². The highest BCUT2D eigenvalue weighted by molar-refractivity contribution is 5.78. The smallest absolute Gasteiger partial charge is 0.226 e. The lowest BCUT2D eigenvalue weighted by Gasteiger charge is -2.13. The zero-order chi connectivity index (χ0) is 8.15. The molecule has 10 heavy (non-hydrogen) atoms. The van der Waals surface area contributed by atoms with E-state index in [0.29, 0.717) is 6.42 Å². The van der Waals surface area contributed by atoms with Crippen LogP contribution in [0.15, 0.2) is 12.2 Å². The molecule has 0 aromatic rings. The summed E-state index contributed by atoms with van der Waals surface area (Å²) < 4.78 is 0. The zero-order valence-corrected chi connectivity index (χ0v) is 6.98. The van der Waals surface area contributed by atoms with Gasteiger partial charge in [0.1, 0.15) is 0 Å². The monoisotopic (exact) mass is 141 g/mol. The fourth-order valence-electron chi connectivity index (χ4n) is 0.569. The molecule has 0 heterocycles. The van der Waals surface area contributed by atoms with Gasteiger partial charge in [-0.25, -0.2) is 0 Å². The van der Waals surface area contributed by atoms with E-state index in [1.54, 1.807) is 11.9 Å². The topological polar surface area (TPSA) is 20.3 Å². The summed E-state index contributed by atoms with van der Waals surface area (Å²) in [5.41, 5.74) is 0.922. The Balaban J connectivity index is 3.73. The SMILES string of the molecule is C=C(C)CC(=O)N(C)CC. The van der Waals surface area contributed by atoms with Crippen LogP contribution in [0, 0.1) is 0 Å². The van der Waals surface area contributed by atoms with E-state index in [-0.39, 0.29) is 5.91 Å². The van der Waals surface area contributed by atoms with E-state index >= 15 is 0 Å². The third kappa shape index (κ3) is 3.28. The van der Waals surface area contributed by atoms with E-state index in [1.807, 2.05) is 13.8 Å². The van der Waals surface area contributed by atoms with Crippen LogP contribution in [0.5, 0.6) is 0 Å². The van der Waals surface area contributed by atoms with Gasteiger partial charge in [0.05, 0.1) is 0 Å². The number of hydrogen-bond donors (Lipinski definition) is 0.